The second-order valence-electron chi connectivity index (χ2n) is 4.30. The van der Waals surface area contributed by atoms with Crippen molar-refractivity contribution in [3.05, 3.63) is 59.7 Å². The van der Waals surface area contributed by atoms with Crippen LogP contribution in [0.15, 0.2) is 48.5 Å². The quantitative estimate of drug-likeness (QED) is 0.638. The average Bonchev–Trinajstić information content (AvgIpc) is 3.10. The lowest BCUT2D eigenvalue weighted by Crippen LogP contribution is -1.98. The molecular weight excluding hydrogens is 182 g/mol. The van der Waals surface area contributed by atoms with Crippen LogP contribution in [0.25, 0.3) is 11.1 Å². The van der Waals surface area contributed by atoms with Crippen LogP contribution in [0.3, 0.4) is 0 Å². The predicted molar refractivity (Wildman–Crippen MR) is 60.5 cm³/mol. The summed E-state index contributed by atoms with van der Waals surface area (Å²) in [5.74, 6) is 0. The molecule has 4 rings (SSSR count). The fourth-order valence-electron chi connectivity index (χ4n) is 2.70. The van der Waals surface area contributed by atoms with Crippen LogP contribution >= 0.6 is 0 Å². The van der Waals surface area contributed by atoms with Crippen molar-refractivity contribution in [1.29, 1.82) is 0 Å². The van der Waals surface area contributed by atoms with E-state index in [4.69, 9.17) is 0 Å². The summed E-state index contributed by atoms with van der Waals surface area (Å²) in [6, 6.07) is 18.6. The third kappa shape index (κ3) is 0.910. The maximum absolute atomic E-state index is 3.54. The predicted octanol–water partition coefficient (Wildman–Crippen LogP) is 3.05. The molecule has 0 bridgehead atoms. The normalized spacial score (nSPS) is 25.1. The van der Waals surface area contributed by atoms with Crippen LogP contribution in [0.2, 0.25) is 0 Å². The minimum Gasteiger partial charge on any atom is -0.300 e. The van der Waals surface area contributed by atoms with Gasteiger partial charge in [-0.3, -0.25) is 5.32 Å². The topological polar surface area (TPSA) is 21.9 Å². The van der Waals surface area contributed by atoms with Crippen molar-refractivity contribution in [2.45, 2.75) is 12.1 Å². The van der Waals surface area contributed by atoms with Crippen LogP contribution in [0.4, 0.5) is 0 Å². The van der Waals surface area contributed by atoms with Crippen molar-refractivity contribution >= 4 is 0 Å². The molecular formula is C14H11N. The molecule has 0 amide bonds. The van der Waals surface area contributed by atoms with Gasteiger partial charge in [0.25, 0.3) is 0 Å². The van der Waals surface area contributed by atoms with E-state index in [-0.39, 0.29) is 0 Å². The molecule has 0 radical (unpaired) electrons. The molecule has 1 nitrogen and oxygen atoms in total. The number of hydrogen-bond acceptors (Lipinski definition) is 1. The third-order valence-electron chi connectivity index (χ3n) is 3.47. The summed E-state index contributed by atoms with van der Waals surface area (Å²) in [5, 5.41) is 3.54. The van der Waals surface area contributed by atoms with Crippen molar-refractivity contribution in [2.24, 2.45) is 0 Å². The highest BCUT2D eigenvalue weighted by Crippen LogP contribution is 2.52. The van der Waals surface area contributed by atoms with Crippen LogP contribution in [-0.2, 0) is 0 Å². The largest absolute Gasteiger partial charge is 0.300 e. The highest BCUT2D eigenvalue weighted by Gasteiger charge is 2.44. The van der Waals surface area contributed by atoms with Crippen LogP contribution < -0.4 is 5.32 Å². The third-order valence-corrected chi connectivity index (χ3v) is 3.47. The zero-order chi connectivity index (χ0) is 9.83. The van der Waals surface area contributed by atoms with Crippen molar-refractivity contribution in [3.63, 3.8) is 0 Å². The maximum Gasteiger partial charge on any atom is 0.0530 e. The Morgan fingerprint density at radius 3 is 1.67 bits per heavy atom. The second kappa shape index (κ2) is 2.50. The van der Waals surface area contributed by atoms with Crippen LogP contribution in [-0.4, -0.2) is 0 Å². The molecule has 72 valence electrons. The van der Waals surface area contributed by atoms with Gasteiger partial charge in [-0.25, -0.2) is 0 Å². The molecule has 1 N–H and O–H groups in total. The fourth-order valence-corrected chi connectivity index (χ4v) is 2.70. The lowest BCUT2D eigenvalue weighted by atomic mass is 9.86. The first kappa shape index (κ1) is 7.66. The van der Waals surface area contributed by atoms with E-state index in [0.29, 0.717) is 12.1 Å². The summed E-state index contributed by atoms with van der Waals surface area (Å²) < 4.78 is 0. The van der Waals surface area contributed by atoms with E-state index in [0.717, 1.165) is 0 Å². The summed E-state index contributed by atoms with van der Waals surface area (Å²) in [7, 11) is 0. The van der Waals surface area contributed by atoms with Gasteiger partial charge in [-0.2, -0.15) is 0 Å². The van der Waals surface area contributed by atoms with Gasteiger partial charge in [-0.05, 0) is 22.3 Å². The Morgan fingerprint density at radius 1 is 0.667 bits per heavy atom. The Bertz CT molecular complexity index is 495. The number of fused-ring (bicyclic) bond motifs is 6. The number of nitrogens with one attached hydrogen (secondary N) is 1. The molecule has 1 fully saturated rings. The fraction of sp³-hybridized carbons (Fsp3) is 0.143. The highest BCUT2D eigenvalue weighted by atomic mass is 15.2. The van der Waals surface area contributed by atoms with Crippen molar-refractivity contribution in [3.8, 4) is 11.1 Å². The Balaban J connectivity index is 2.09. The first-order valence-electron chi connectivity index (χ1n) is 5.39. The zero-order valence-corrected chi connectivity index (χ0v) is 8.27. The Morgan fingerprint density at radius 2 is 1.13 bits per heavy atom. The monoisotopic (exact) mass is 193 g/mol. The lowest BCUT2D eigenvalue weighted by Gasteiger charge is -2.17. The first-order valence-corrected chi connectivity index (χ1v) is 5.39. The molecule has 1 aliphatic heterocycles. The number of benzene rings is 2. The number of rotatable bonds is 0. The first-order chi connectivity index (χ1) is 7.45. The Labute approximate surface area is 88.8 Å². The molecule has 0 spiro atoms. The molecule has 1 heterocycles. The molecule has 0 saturated carbocycles. The van der Waals surface area contributed by atoms with Crippen molar-refractivity contribution in [2.75, 3.05) is 0 Å². The summed E-state index contributed by atoms with van der Waals surface area (Å²) in [6.45, 7) is 0. The van der Waals surface area contributed by atoms with E-state index in [1.54, 1.807) is 0 Å². The summed E-state index contributed by atoms with van der Waals surface area (Å²) >= 11 is 0. The molecule has 2 aliphatic rings. The Kier molecular flexibility index (Phi) is 1.28. The van der Waals surface area contributed by atoms with Crippen LogP contribution in [0.1, 0.15) is 23.2 Å². The second-order valence-corrected chi connectivity index (χ2v) is 4.30. The van der Waals surface area contributed by atoms with Crippen LogP contribution in [0, 0.1) is 0 Å². The molecule has 2 atom stereocenters. The standard InChI is InChI=1S/C14H11N/c1-3-7-11-9(5-1)10-6-2-4-8-12(10)14-13(11)15-14/h1-8,13-15H/t13-,14-/m0/s1. The van der Waals surface area contributed by atoms with Gasteiger partial charge in [-0.1, -0.05) is 48.5 Å². The van der Waals surface area contributed by atoms with Gasteiger partial charge in [0, 0.05) is 0 Å². The molecule has 0 unspecified atom stereocenters. The SMILES string of the molecule is c1ccc2c(c1)-c1ccccc1[C@@H]1N[C@@H]21. The van der Waals surface area contributed by atoms with Gasteiger partial charge < -0.3 is 0 Å². The molecule has 0 aromatic heterocycles. The van der Waals surface area contributed by atoms with E-state index in [9.17, 15) is 0 Å². The summed E-state index contributed by atoms with van der Waals surface area (Å²) in [6.07, 6.45) is 0. The van der Waals surface area contributed by atoms with E-state index in [1.807, 2.05) is 0 Å². The van der Waals surface area contributed by atoms with Gasteiger partial charge in [0.15, 0.2) is 0 Å². The molecule has 1 saturated heterocycles. The molecule has 2 aromatic rings. The Hall–Kier alpha value is -1.60. The van der Waals surface area contributed by atoms with Gasteiger partial charge in [0.05, 0.1) is 12.1 Å². The van der Waals surface area contributed by atoms with Crippen molar-refractivity contribution < 1.29 is 0 Å². The van der Waals surface area contributed by atoms with Gasteiger partial charge >= 0.3 is 0 Å². The van der Waals surface area contributed by atoms with E-state index in [1.165, 1.54) is 22.3 Å². The van der Waals surface area contributed by atoms with Gasteiger partial charge in [0.1, 0.15) is 0 Å². The van der Waals surface area contributed by atoms with Gasteiger partial charge in [0.2, 0.25) is 0 Å². The minimum absolute atomic E-state index is 0.566. The van der Waals surface area contributed by atoms with E-state index < -0.39 is 0 Å². The van der Waals surface area contributed by atoms with E-state index >= 15 is 0 Å². The zero-order valence-electron chi connectivity index (χ0n) is 8.27. The van der Waals surface area contributed by atoms with E-state index in [2.05, 4.69) is 53.8 Å². The smallest absolute Gasteiger partial charge is 0.0530 e. The molecule has 1 aliphatic carbocycles. The number of hydrogen-bond donors (Lipinski definition) is 1. The molecule has 15 heavy (non-hydrogen) atoms. The van der Waals surface area contributed by atoms with Crippen LogP contribution in [0.5, 0.6) is 0 Å². The summed E-state index contributed by atoms with van der Waals surface area (Å²) in [4.78, 5) is 0. The average molecular weight is 193 g/mol. The molecule has 2 aromatic carbocycles. The minimum atomic E-state index is 0.566. The van der Waals surface area contributed by atoms with Gasteiger partial charge in [-0.15, -0.1) is 0 Å². The lowest BCUT2D eigenvalue weighted by molar-refractivity contribution is 1.01. The highest BCUT2D eigenvalue weighted by molar-refractivity contribution is 5.76. The molecule has 1 heteroatoms. The van der Waals surface area contributed by atoms with Crippen molar-refractivity contribution in [1.82, 2.24) is 5.32 Å². The maximum atomic E-state index is 3.54. The summed E-state index contributed by atoms with van der Waals surface area (Å²) in [5.41, 5.74) is 5.72.